The van der Waals surface area contributed by atoms with Crippen LogP contribution in [0.3, 0.4) is 0 Å². The van der Waals surface area contributed by atoms with Gasteiger partial charge in [-0.05, 0) is 56.7 Å². The van der Waals surface area contributed by atoms with Crippen molar-refractivity contribution in [1.29, 1.82) is 0 Å². The molecule has 1 aliphatic heterocycles. The molecule has 1 heterocycles. The van der Waals surface area contributed by atoms with Gasteiger partial charge in [-0.1, -0.05) is 25.3 Å². The average Bonchev–Trinajstić information content (AvgIpc) is 3.57. The van der Waals surface area contributed by atoms with Crippen LogP contribution in [-0.4, -0.2) is 42.5 Å². The third kappa shape index (κ3) is 5.06. The maximum Gasteiger partial charge on any atom is 0.251 e. The van der Waals surface area contributed by atoms with E-state index >= 15 is 0 Å². The molecule has 1 atom stereocenters. The fourth-order valence-electron chi connectivity index (χ4n) is 4.45. The van der Waals surface area contributed by atoms with E-state index in [2.05, 4.69) is 10.2 Å². The first-order chi connectivity index (χ1) is 13.7. The predicted molar refractivity (Wildman–Crippen MR) is 108 cm³/mol. The maximum absolute atomic E-state index is 12.8. The number of nitrogens with one attached hydrogen (secondary N) is 1. The number of piperidine rings is 1. The Morgan fingerprint density at radius 1 is 1.04 bits per heavy atom. The van der Waals surface area contributed by atoms with Crippen molar-refractivity contribution >= 4 is 11.8 Å². The van der Waals surface area contributed by atoms with Crippen molar-refractivity contribution in [3.8, 4) is 5.75 Å². The first-order valence-corrected chi connectivity index (χ1v) is 11.0. The molecule has 28 heavy (non-hydrogen) atoms. The van der Waals surface area contributed by atoms with Crippen LogP contribution in [0.5, 0.6) is 5.75 Å². The molecule has 2 saturated carbocycles. The second-order valence-electron chi connectivity index (χ2n) is 8.71. The van der Waals surface area contributed by atoms with Gasteiger partial charge in [0.2, 0.25) is 5.91 Å². The summed E-state index contributed by atoms with van der Waals surface area (Å²) in [5, 5.41) is 3.01. The van der Waals surface area contributed by atoms with Gasteiger partial charge in [0.1, 0.15) is 5.75 Å². The minimum atomic E-state index is -0.0186. The Hall–Kier alpha value is -2.04. The molecule has 5 nitrogen and oxygen atoms in total. The quantitative estimate of drug-likeness (QED) is 0.812. The van der Waals surface area contributed by atoms with Crippen LogP contribution < -0.4 is 10.1 Å². The average molecular weight is 385 g/mol. The van der Waals surface area contributed by atoms with E-state index in [1.807, 2.05) is 24.3 Å². The zero-order valence-corrected chi connectivity index (χ0v) is 16.7. The summed E-state index contributed by atoms with van der Waals surface area (Å²) in [5.74, 6) is 1.69. The molecule has 0 bridgehead atoms. The van der Waals surface area contributed by atoms with E-state index in [-0.39, 0.29) is 11.8 Å². The second-order valence-corrected chi connectivity index (χ2v) is 8.71. The second kappa shape index (κ2) is 8.97. The Morgan fingerprint density at radius 3 is 2.64 bits per heavy atom. The van der Waals surface area contributed by atoms with Gasteiger partial charge >= 0.3 is 0 Å². The summed E-state index contributed by atoms with van der Waals surface area (Å²) in [4.78, 5) is 27.1. The molecular formula is C23H32N2O3. The summed E-state index contributed by atoms with van der Waals surface area (Å²) in [6.07, 6.45) is 10.1. The normalized spacial score (nSPS) is 23.3. The van der Waals surface area contributed by atoms with Gasteiger partial charge in [-0.2, -0.15) is 0 Å². The molecule has 1 aromatic rings. The third-order valence-corrected chi connectivity index (χ3v) is 6.28. The van der Waals surface area contributed by atoms with E-state index in [1.54, 1.807) is 0 Å². The molecule has 4 rings (SSSR count). The van der Waals surface area contributed by atoms with Gasteiger partial charge in [0.15, 0.2) is 0 Å². The molecule has 3 aliphatic rings. The number of nitrogens with zero attached hydrogens (tertiary/aromatic N) is 1. The van der Waals surface area contributed by atoms with Crippen molar-refractivity contribution in [3.63, 3.8) is 0 Å². The molecule has 1 unspecified atom stereocenters. The maximum atomic E-state index is 12.8. The zero-order valence-electron chi connectivity index (χ0n) is 16.7. The molecule has 1 N–H and O–H groups in total. The van der Waals surface area contributed by atoms with Gasteiger partial charge in [-0.15, -0.1) is 0 Å². The highest BCUT2D eigenvalue weighted by Gasteiger charge is 2.30. The lowest BCUT2D eigenvalue weighted by Gasteiger charge is -2.35. The van der Waals surface area contributed by atoms with Crippen LogP contribution >= 0.6 is 0 Å². The van der Waals surface area contributed by atoms with E-state index in [0.29, 0.717) is 30.0 Å². The van der Waals surface area contributed by atoms with Gasteiger partial charge in [0, 0.05) is 36.5 Å². The lowest BCUT2D eigenvalue weighted by atomic mass is 9.87. The van der Waals surface area contributed by atoms with Gasteiger partial charge in [0.25, 0.3) is 5.91 Å². The number of ether oxygens (including phenoxy) is 1. The summed E-state index contributed by atoms with van der Waals surface area (Å²) in [6.45, 7) is 2.29. The number of likely N-dealkylation sites (tertiary alicyclic amines) is 1. The zero-order chi connectivity index (χ0) is 19.3. The summed E-state index contributed by atoms with van der Waals surface area (Å²) in [6, 6.07) is 7.78. The van der Waals surface area contributed by atoms with Crippen molar-refractivity contribution < 1.29 is 14.3 Å². The molecule has 3 fully saturated rings. The minimum absolute atomic E-state index is 0.0186. The first-order valence-electron chi connectivity index (χ1n) is 11.0. The van der Waals surface area contributed by atoms with E-state index in [0.717, 1.165) is 57.4 Å². The van der Waals surface area contributed by atoms with Crippen LogP contribution in [0.2, 0.25) is 0 Å². The summed E-state index contributed by atoms with van der Waals surface area (Å²) >= 11 is 0. The molecule has 152 valence electrons. The Balaban J connectivity index is 1.28. The highest BCUT2D eigenvalue weighted by molar-refractivity contribution is 5.94. The van der Waals surface area contributed by atoms with Crippen molar-refractivity contribution in [2.75, 3.05) is 19.7 Å². The van der Waals surface area contributed by atoms with Gasteiger partial charge < -0.3 is 15.0 Å². The van der Waals surface area contributed by atoms with Crippen molar-refractivity contribution in [3.05, 3.63) is 29.8 Å². The van der Waals surface area contributed by atoms with Crippen LogP contribution in [0.15, 0.2) is 24.3 Å². The molecule has 2 amide bonds. The van der Waals surface area contributed by atoms with Gasteiger partial charge in [0.05, 0.1) is 6.61 Å². The van der Waals surface area contributed by atoms with E-state index in [4.69, 9.17) is 4.74 Å². The SMILES string of the molecule is O=C(NC1CC1)c1cccc(OCC2CCCN(C(=O)C3CCCCC3)C2)c1. The monoisotopic (exact) mass is 384 g/mol. The van der Waals surface area contributed by atoms with Crippen LogP contribution in [0.25, 0.3) is 0 Å². The van der Waals surface area contributed by atoms with Crippen molar-refractivity contribution in [2.45, 2.75) is 63.8 Å². The predicted octanol–water partition coefficient (Wildman–Crippen LogP) is 3.78. The minimum Gasteiger partial charge on any atom is -0.493 e. The Bertz CT molecular complexity index is 695. The van der Waals surface area contributed by atoms with Crippen LogP contribution in [0.4, 0.5) is 0 Å². The van der Waals surface area contributed by atoms with Gasteiger partial charge in [-0.25, -0.2) is 0 Å². The topological polar surface area (TPSA) is 58.6 Å². The molecule has 0 radical (unpaired) electrons. The van der Waals surface area contributed by atoms with E-state index in [9.17, 15) is 9.59 Å². The van der Waals surface area contributed by atoms with Crippen molar-refractivity contribution in [1.82, 2.24) is 10.2 Å². The highest BCUT2D eigenvalue weighted by atomic mass is 16.5. The first kappa shape index (κ1) is 19.3. The van der Waals surface area contributed by atoms with Crippen molar-refractivity contribution in [2.24, 2.45) is 11.8 Å². The molecule has 5 heteroatoms. The molecule has 1 saturated heterocycles. The summed E-state index contributed by atoms with van der Waals surface area (Å²) < 4.78 is 6.01. The van der Waals surface area contributed by atoms with Crippen LogP contribution in [0, 0.1) is 11.8 Å². The van der Waals surface area contributed by atoms with Crippen LogP contribution in [0.1, 0.15) is 68.1 Å². The number of hydrogen-bond donors (Lipinski definition) is 1. The lowest BCUT2D eigenvalue weighted by Crippen LogP contribution is -2.44. The smallest absolute Gasteiger partial charge is 0.251 e. The number of hydrogen-bond acceptors (Lipinski definition) is 3. The number of amides is 2. The number of benzene rings is 1. The number of rotatable bonds is 6. The number of carbonyl (C=O) groups is 2. The summed E-state index contributed by atoms with van der Waals surface area (Å²) in [7, 11) is 0. The van der Waals surface area contributed by atoms with E-state index in [1.165, 1.54) is 19.3 Å². The fraction of sp³-hybridized carbons (Fsp3) is 0.652. The highest BCUT2D eigenvalue weighted by Crippen LogP contribution is 2.28. The molecule has 0 spiro atoms. The third-order valence-electron chi connectivity index (χ3n) is 6.28. The van der Waals surface area contributed by atoms with Gasteiger partial charge in [-0.3, -0.25) is 9.59 Å². The molecule has 1 aromatic carbocycles. The summed E-state index contributed by atoms with van der Waals surface area (Å²) in [5.41, 5.74) is 0.655. The molecular weight excluding hydrogens is 352 g/mol. The van der Waals surface area contributed by atoms with E-state index < -0.39 is 0 Å². The Morgan fingerprint density at radius 2 is 1.86 bits per heavy atom. The largest absolute Gasteiger partial charge is 0.493 e. The fourth-order valence-corrected chi connectivity index (χ4v) is 4.45. The number of carbonyl (C=O) groups excluding carboxylic acids is 2. The Kier molecular flexibility index (Phi) is 6.18. The van der Waals surface area contributed by atoms with Crippen LogP contribution in [-0.2, 0) is 4.79 Å². The standard InChI is InChI=1S/C23H32N2O3/c26-22(24-20-11-12-20)19-9-4-10-21(14-19)28-16-17-6-5-13-25(15-17)23(27)18-7-2-1-3-8-18/h4,9-10,14,17-18,20H,1-3,5-8,11-13,15-16H2,(H,24,26). The lowest BCUT2D eigenvalue weighted by molar-refractivity contribution is -0.138. The molecule has 2 aliphatic carbocycles. The Labute approximate surface area is 167 Å². The molecule has 0 aromatic heterocycles.